The van der Waals surface area contributed by atoms with Crippen LogP contribution in [0.25, 0.3) is 11.1 Å². The third-order valence-electron chi connectivity index (χ3n) is 6.18. The van der Waals surface area contributed by atoms with Crippen molar-refractivity contribution in [3.05, 3.63) is 95.1 Å². The summed E-state index contributed by atoms with van der Waals surface area (Å²) in [6.45, 7) is 3.67. The Balaban J connectivity index is 1.36. The standard InChI is InChI=1S/C28H27F3N2O4/c1-19(22-10-7-20(8-11-22)16-33-14-13-24(17-33)37-27(34)35)32-36-18-21-9-12-25(23-5-3-2-4-6-23)26(15-21)28(29,30)31/h2-12,15,24H,13-14,16-18H2,1H3,(H,34,35). The third kappa shape index (κ3) is 7.10. The van der Waals surface area contributed by atoms with Gasteiger partial charge in [0.25, 0.3) is 0 Å². The first-order chi connectivity index (χ1) is 17.7. The minimum absolute atomic E-state index is 0.0951. The van der Waals surface area contributed by atoms with Crippen LogP contribution in [0.15, 0.2) is 78.0 Å². The Bertz CT molecular complexity index is 1240. The molecule has 1 N–H and O–H groups in total. The molecular formula is C28H27F3N2O4. The lowest BCUT2D eigenvalue weighted by Crippen LogP contribution is -2.24. The summed E-state index contributed by atoms with van der Waals surface area (Å²) >= 11 is 0. The highest BCUT2D eigenvalue weighted by molar-refractivity contribution is 5.98. The van der Waals surface area contributed by atoms with Gasteiger partial charge in [-0.1, -0.05) is 71.9 Å². The third-order valence-corrected chi connectivity index (χ3v) is 6.18. The molecule has 0 aromatic heterocycles. The van der Waals surface area contributed by atoms with Crippen LogP contribution in [0.5, 0.6) is 0 Å². The number of hydrogen-bond acceptors (Lipinski definition) is 5. The number of carbonyl (C=O) groups is 1. The van der Waals surface area contributed by atoms with Gasteiger partial charge in [0.2, 0.25) is 0 Å². The van der Waals surface area contributed by atoms with Gasteiger partial charge in [0.1, 0.15) is 12.7 Å². The Kier molecular flexibility index (Phi) is 8.13. The van der Waals surface area contributed by atoms with E-state index in [0.29, 0.717) is 36.3 Å². The van der Waals surface area contributed by atoms with Crippen molar-refractivity contribution >= 4 is 11.9 Å². The maximum Gasteiger partial charge on any atom is 0.506 e. The smallest absolute Gasteiger partial charge is 0.450 e. The maximum absolute atomic E-state index is 13.7. The Labute approximate surface area is 212 Å². The van der Waals surface area contributed by atoms with Gasteiger partial charge in [-0.2, -0.15) is 13.2 Å². The lowest BCUT2D eigenvalue weighted by atomic mass is 9.97. The summed E-state index contributed by atoms with van der Waals surface area (Å²) in [6, 6.07) is 20.3. The van der Waals surface area contributed by atoms with Crippen LogP contribution in [-0.2, 0) is 28.9 Å². The zero-order valence-electron chi connectivity index (χ0n) is 20.2. The Morgan fingerprint density at radius 1 is 1.05 bits per heavy atom. The fourth-order valence-corrected chi connectivity index (χ4v) is 4.33. The van der Waals surface area contributed by atoms with E-state index in [4.69, 9.17) is 14.7 Å². The van der Waals surface area contributed by atoms with Crippen molar-refractivity contribution in [3.63, 3.8) is 0 Å². The summed E-state index contributed by atoms with van der Waals surface area (Å²) < 4.78 is 46.0. The number of alkyl halides is 3. The van der Waals surface area contributed by atoms with Crippen molar-refractivity contribution in [1.29, 1.82) is 0 Å². The van der Waals surface area contributed by atoms with Crippen molar-refractivity contribution in [3.8, 4) is 11.1 Å². The summed E-state index contributed by atoms with van der Waals surface area (Å²) in [5, 5.41) is 12.8. The average molecular weight is 513 g/mol. The first-order valence-corrected chi connectivity index (χ1v) is 11.8. The molecule has 0 spiro atoms. The number of hydrogen-bond donors (Lipinski definition) is 1. The van der Waals surface area contributed by atoms with Crippen LogP contribution in [0, 0.1) is 0 Å². The van der Waals surface area contributed by atoms with Crippen LogP contribution < -0.4 is 0 Å². The number of nitrogens with zero attached hydrogens (tertiary/aromatic N) is 2. The molecule has 194 valence electrons. The molecule has 9 heteroatoms. The molecular weight excluding hydrogens is 485 g/mol. The second-order valence-electron chi connectivity index (χ2n) is 8.92. The fourth-order valence-electron chi connectivity index (χ4n) is 4.33. The second-order valence-corrected chi connectivity index (χ2v) is 8.92. The number of rotatable bonds is 8. The normalized spacial score (nSPS) is 16.5. The van der Waals surface area contributed by atoms with Crippen molar-refractivity contribution < 1.29 is 32.6 Å². The van der Waals surface area contributed by atoms with Crippen LogP contribution in [-0.4, -0.2) is 41.1 Å². The van der Waals surface area contributed by atoms with Gasteiger partial charge in [0.15, 0.2) is 0 Å². The Morgan fingerprint density at radius 2 is 1.76 bits per heavy atom. The molecule has 3 aromatic carbocycles. The molecule has 1 atom stereocenters. The first kappa shape index (κ1) is 26.2. The highest BCUT2D eigenvalue weighted by atomic mass is 19.4. The van der Waals surface area contributed by atoms with E-state index in [-0.39, 0.29) is 18.3 Å². The van der Waals surface area contributed by atoms with Crippen LogP contribution >= 0.6 is 0 Å². The Hall–Kier alpha value is -3.85. The minimum atomic E-state index is -4.50. The van der Waals surface area contributed by atoms with E-state index in [9.17, 15) is 18.0 Å². The predicted octanol–water partition coefficient (Wildman–Crippen LogP) is 6.58. The van der Waals surface area contributed by atoms with Gasteiger partial charge in [-0.15, -0.1) is 0 Å². The van der Waals surface area contributed by atoms with Gasteiger partial charge in [-0.3, -0.25) is 4.90 Å². The lowest BCUT2D eigenvalue weighted by Gasteiger charge is -2.16. The lowest BCUT2D eigenvalue weighted by molar-refractivity contribution is -0.137. The maximum atomic E-state index is 13.7. The van der Waals surface area contributed by atoms with Crippen molar-refractivity contribution in [2.75, 3.05) is 13.1 Å². The quantitative estimate of drug-likeness (QED) is 0.210. The number of halogens is 3. The van der Waals surface area contributed by atoms with Gasteiger partial charge < -0.3 is 14.7 Å². The molecule has 0 bridgehead atoms. The number of benzene rings is 3. The van der Waals surface area contributed by atoms with Gasteiger partial charge >= 0.3 is 12.3 Å². The molecule has 1 unspecified atom stereocenters. The fraction of sp³-hybridized carbons (Fsp3) is 0.286. The zero-order chi connectivity index (χ0) is 26.4. The topological polar surface area (TPSA) is 71.4 Å². The van der Waals surface area contributed by atoms with Crippen molar-refractivity contribution in [2.24, 2.45) is 5.16 Å². The van der Waals surface area contributed by atoms with E-state index >= 15 is 0 Å². The van der Waals surface area contributed by atoms with E-state index in [1.54, 1.807) is 43.3 Å². The van der Waals surface area contributed by atoms with Gasteiger partial charge in [0, 0.05) is 19.6 Å². The van der Waals surface area contributed by atoms with Crippen molar-refractivity contribution in [2.45, 2.75) is 38.8 Å². The molecule has 0 aliphatic carbocycles. The van der Waals surface area contributed by atoms with E-state index < -0.39 is 17.9 Å². The summed E-state index contributed by atoms with van der Waals surface area (Å²) in [7, 11) is 0. The summed E-state index contributed by atoms with van der Waals surface area (Å²) in [6.07, 6.45) is -5.38. The molecule has 0 saturated carbocycles. The first-order valence-electron chi connectivity index (χ1n) is 11.8. The molecule has 1 fully saturated rings. The van der Waals surface area contributed by atoms with Gasteiger partial charge in [0.05, 0.1) is 11.3 Å². The van der Waals surface area contributed by atoms with Crippen molar-refractivity contribution in [1.82, 2.24) is 4.90 Å². The minimum Gasteiger partial charge on any atom is -0.450 e. The molecule has 6 nitrogen and oxygen atoms in total. The largest absolute Gasteiger partial charge is 0.506 e. The van der Waals surface area contributed by atoms with E-state index in [0.717, 1.165) is 23.7 Å². The molecule has 1 saturated heterocycles. The summed E-state index contributed by atoms with van der Waals surface area (Å²) in [5.74, 6) is 0. The highest BCUT2D eigenvalue weighted by Crippen LogP contribution is 2.37. The van der Waals surface area contributed by atoms with Crippen LogP contribution in [0.2, 0.25) is 0 Å². The Morgan fingerprint density at radius 3 is 2.43 bits per heavy atom. The van der Waals surface area contributed by atoms with E-state index in [1.807, 2.05) is 24.3 Å². The van der Waals surface area contributed by atoms with Crippen LogP contribution in [0.3, 0.4) is 0 Å². The molecule has 4 rings (SSSR count). The van der Waals surface area contributed by atoms with Crippen LogP contribution in [0.4, 0.5) is 18.0 Å². The predicted molar refractivity (Wildman–Crippen MR) is 133 cm³/mol. The van der Waals surface area contributed by atoms with Crippen LogP contribution in [0.1, 0.15) is 35.6 Å². The van der Waals surface area contributed by atoms with Gasteiger partial charge in [-0.05, 0) is 47.2 Å². The number of oxime groups is 1. The highest BCUT2D eigenvalue weighted by Gasteiger charge is 2.34. The van der Waals surface area contributed by atoms with E-state index in [1.165, 1.54) is 6.07 Å². The number of likely N-dealkylation sites (tertiary alicyclic amines) is 1. The SMILES string of the molecule is CC(=NOCc1ccc(-c2ccccc2)c(C(F)(F)F)c1)c1ccc(CN2CCC(OC(=O)O)C2)cc1. The van der Waals surface area contributed by atoms with E-state index in [2.05, 4.69) is 10.1 Å². The molecule has 3 aromatic rings. The monoisotopic (exact) mass is 512 g/mol. The molecule has 0 amide bonds. The molecule has 37 heavy (non-hydrogen) atoms. The number of ether oxygens (including phenoxy) is 1. The molecule has 1 aliphatic heterocycles. The second kappa shape index (κ2) is 11.5. The number of carboxylic acid groups (broad SMARTS) is 1. The zero-order valence-corrected chi connectivity index (χ0v) is 20.2. The molecule has 0 radical (unpaired) electrons. The summed E-state index contributed by atoms with van der Waals surface area (Å²) in [4.78, 5) is 18.2. The molecule has 1 heterocycles. The average Bonchev–Trinajstić information content (AvgIpc) is 3.30. The van der Waals surface area contributed by atoms with Gasteiger partial charge in [-0.25, -0.2) is 4.79 Å². The molecule has 1 aliphatic rings. The summed E-state index contributed by atoms with van der Waals surface area (Å²) in [5.41, 5.74) is 2.76.